The van der Waals surface area contributed by atoms with Gasteiger partial charge in [-0.1, -0.05) is 194 Å². The van der Waals surface area contributed by atoms with E-state index in [-0.39, 0.29) is 32.6 Å². The van der Waals surface area contributed by atoms with Crippen molar-refractivity contribution < 1.29 is 37.6 Å². The third-order valence-corrected chi connectivity index (χ3v) is 10.4. The van der Waals surface area contributed by atoms with E-state index in [1.54, 1.807) is 0 Å². The van der Waals surface area contributed by atoms with Gasteiger partial charge in [0.2, 0.25) is 0 Å². The van der Waals surface area contributed by atoms with E-state index < -0.39 is 32.5 Å². The molecule has 0 saturated heterocycles. The molecular weight excluding hydrogens is 665 g/mol. The molecule has 0 spiro atoms. The predicted molar refractivity (Wildman–Crippen MR) is 208 cm³/mol. The fourth-order valence-corrected chi connectivity index (χ4v) is 7.03. The first kappa shape index (κ1) is 50.0. The monoisotopic (exact) mass is 747 g/mol. The zero-order valence-corrected chi connectivity index (χ0v) is 34.2. The lowest BCUT2D eigenvalue weighted by atomic mass is 10.0. The van der Waals surface area contributed by atoms with Gasteiger partial charge in [0.15, 0.2) is 6.10 Å². The van der Waals surface area contributed by atoms with Crippen LogP contribution in [-0.4, -0.2) is 44.4 Å². The van der Waals surface area contributed by atoms with Crippen LogP contribution >= 0.6 is 7.82 Å². The summed E-state index contributed by atoms with van der Waals surface area (Å²) >= 11 is 0. The number of phosphoric ester groups is 1. The number of phosphoric acid groups is 1. The Kier molecular flexibility index (Phi) is 38.0. The van der Waals surface area contributed by atoms with Crippen molar-refractivity contribution in [3.63, 3.8) is 0 Å². The van der Waals surface area contributed by atoms with Gasteiger partial charge in [-0.15, -0.1) is 0 Å². The summed E-state index contributed by atoms with van der Waals surface area (Å²) in [5.41, 5.74) is 5.32. The summed E-state index contributed by atoms with van der Waals surface area (Å²) in [5.74, 6) is -0.849. The SMILES string of the molecule is CCCCCCCCCCCCCCCCCC(=O)OCC(COP(=O)([O-])OCCN)OC(=O)CCCCCCCCCCCCCCCCC. The third kappa shape index (κ3) is 38.5. The van der Waals surface area contributed by atoms with E-state index in [1.807, 2.05) is 0 Å². The molecule has 10 heteroatoms. The van der Waals surface area contributed by atoms with Gasteiger partial charge < -0.3 is 29.1 Å². The first-order valence-corrected chi connectivity index (χ1v) is 23.0. The molecule has 0 aromatic carbocycles. The van der Waals surface area contributed by atoms with Gasteiger partial charge in [-0.05, 0) is 12.8 Å². The normalized spacial score (nSPS) is 13.3. The summed E-state index contributed by atoms with van der Waals surface area (Å²) in [5, 5.41) is 0. The average Bonchev–Trinajstić information content (AvgIpc) is 3.11. The maximum atomic E-state index is 12.5. The van der Waals surface area contributed by atoms with Crippen molar-refractivity contribution in [2.24, 2.45) is 5.73 Å². The molecule has 0 amide bonds. The molecule has 0 aliphatic rings. The van der Waals surface area contributed by atoms with Gasteiger partial charge in [0.05, 0.1) is 13.2 Å². The highest BCUT2D eigenvalue weighted by molar-refractivity contribution is 7.45. The van der Waals surface area contributed by atoms with E-state index in [9.17, 15) is 19.0 Å². The van der Waals surface area contributed by atoms with Gasteiger partial charge in [-0.25, -0.2) is 0 Å². The lowest BCUT2D eigenvalue weighted by molar-refractivity contribution is -0.228. The van der Waals surface area contributed by atoms with E-state index in [4.69, 9.17) is 19.7 Å². The molecule has 304 valence electrons. The molecule has 9 nitrogen and oxygen atoms in total. The Bertz CT molecular complexity index is 815. The second-order valence-corrected chi connectivity index (χ2v) is 16.0. The van der Waals surface area contributed by atoms with Crippen molar-refractivity contribution in [2.75, 3.05) is 26.4 Å². The molecule has 2 unspecified atom stereocenters. The summed E-state index contributed by atoms with van der Waals surface area (Å²) < 4.78 is 32.4. The van der Waals surface area contributed by atoms with Gasteiger partial charge in [0.25, 0.3) is 7.82 Å². The molecule has 0 radical (unpaired) electrons. The minimum atomic E-state index is -4.62. The number of carbonyl (C=O) groups is 2. The number of nitrogens with two attached hydrogens (primary N) is 1. The van der Waals surface area contributed by atoms with Crippen LogP contribution in [0.25, 0.3) is 0 Å². The maximum Gasteiger partial charge on any atom is 0.306 e. The van der Waals surface area contributed by atoms with Gasteiger partial charge in [0, 0.05) is 19.4 Å². The van der Waals surface area contributed by atoms with Crippen LogP contribution in [0.3, 0.4) is 0 Å². The predicted octanol–water partition coefficient (Wildman–Crippen LogP) is 11.4. The maximum absolute atomic E-state index is 12.5. The average molecular weight is 747 g/mol. The van der Waals surface area contributed by atoms with E-state index in [0.29, 0.717) is 6.42 Å². The Hall–Kier alpha value is -0.990. The lowest BCUT2D eigenvalue weighted by Crippen LogP contribution is -2.30. The molecule has 0 fully saturated rings. The second-order valence-electron chi connectivity index (χ2n) is 14.6. The summed E-state index contributed by atoms with van der Waals surface area (Å²) in [6, 6.07) is 0. The molecular formula is C41H81NO8P-. The summed E-state index contributed by atoms with van der Waals surface area (Å²) in [4.78, 5) is 36.9. The van der Waals surface area contributed by atoms with Crippen LogP contribution in [0.15, 0.2) is 0 Å². The number of esters is 2. The van der Waals surface area contributed by atoms with Gasteiger partial charge >= 0.3 is 11.9 Å². The highest BCUT2D eigenvalue weighted by atomic mass is 31.2. The molecule has 0 heterocycles. The number of carbonyl (C=O) groups excluding carboxylic acids is 2. The smallest absolute Gasteiger partial charge is 0.306 e. The van der Waals surface area contributed by atoms with Crippen LogP contribution in [0.1, 0.15) is 219 Å². The Balaban J connectivity index is 4.11. The molecule has 0 aliphatic heterocycles. The topological polar surface area (TPSA) is 137 Å². The zero-order valence-electron chi connectivity index (χ0n) is 33.3. The van der Waals surface area contributed by atoms with E-state index in [2.05, 4.69) is 18.4 Å². The Morgan fingerprint density at radius 2 is 0.843 bits per heavy atom. The molecule has 0 aromatic rings. The molecule has 0 saturated carbocycles. The molecule has 0 aliphatic carbocycles. The Morgan fingerprint density at radius 3 is 1.20 bits per heavy atom. The quantitative estimate of drug-likeness (QED) is 0.0368. The van der Waals surface area contributed by atoms with Crippen molar-refractivity contribution >= 4 is 19.8 Å². The number of rotatable bonds is 41. The molecule has 2 atom stereocenters. The van der Waals surface area contributed by atoms with Crippen LogP contribution in [-0.2, 0) is 32.7 Å². The number of hydrogen-bond donors (Lipinski definition) is 1. The van der Waals surface area contributed by atoms with Crippen LogP contribution in [0.2, 0.25) is 0 Å². The van der Waals surface area contributed by atoms with Crippen LogP contribution < -0.4 is 10.6 Å². The van der Waals surface area contributed by atoms with Crippen molar-refractivity contribution in [2.45, 2.75) is 225 Å². The largest absolute Gasteiger partial charge is 0.756 e. The highest BCUT2D eigenvalue weighted by Crippen LogP contribution is 2.38. The number of unbranched alkanes of at least 4 members (excludes halogenated alkanes) is 28. The fraction of sp³-hybridized carbons (Fsp3) is 0.951. The number of ether oxygens (including phenoxy) is 2. The second kappa shape index (κ2) is 38.7. The minimum absolute atomic E-state index is 0.0180. The van der Waals surface area contributed by atoms with E-state index >= 15 is 0 Å². The van der Waals surface area contributed by atoms with Crippen LogP contribution in [0.5, 0.6) is 0 Å². The fourth-order valence-electron chi connectivity index (χ4n) is 6.28. The molecule has 0 rings (SSSR count). The first-order chi connectivity index (χ1) is 24.8. The molecule has 0 bridgehead atoms. The molecule has 0 aromatic heterocycles. The van der Waals surface area contributed by atoms with Crippen molar-refractivity contribution in [1.29, 1.82) is 0 Å². The van der Waals surface area contributed by atoms with Gasteiger partial charge in [0.1, 0.15) is 6.61 Å². The summed E-state index contributed by atoms with van der Waals surface area (Å²) in [6.07, 6.45) is 36.7. The zero-order chi connectivity index (χ0) is 37.5. The Labute approximate surface area is 314 Å². The van der Waals surface area contributed by atoms with Crippen molar-refractivity contribution in [3.8, 4) is 0 Å². The molecule has 51 heavy (non-hydrogen) atoms. The van der Waals surface area contributed by atoms with Crippen LogP contribution in [0, 0.1) is 0 Å². The summed E-state index contributed by atoms with van der Waals surface area (Å²) in [6.45, 7) is 3.57. The number of hydrogen-bond acceptors (Lipinski definition) is 9. The van der Waals surface area contributed by atoms with E-state index in [0.717, 1.165) is 32.1 Å². The Morgan fingerprint density at radius 1 is 0.510 bits per heavy atom. The van der Waals surface area contributed by atoms with Gasteiger partial charge in [-0.3, -0.25) is 14.2 Å². The first-order valence-electron chi connectivity index (χ1n) is 21.5. The van der Waals surface area contributed by atoms with Crippen LogP contribution in [0.4, 0.5) is 0 Å². The van der Waals surface area contributed by atoms with Gasteiger partial charge in [-0.2, -0.15) is 0 Å². The highest BCUT2D eigenvalue weighted by Gasteiger charge is 2.21. The minimum Gasteiger partial charge on any atom is -0.756 e. The van der Waals surface area contributed by atoms with Crippen molar-refractivity contribution in [3.05, 3.63) is 0 Å². The van der Waals surface area contributed by atoms with E-state index in [1.165, 1.54) is 154 Å². The standard InChI is InChI=1S/C41H82NO8P/c1-3-5-7-9-11-13-15-17-19-21-23-25-27-29-31-33-40(43)47-37-39(38-49-51(45,46)48-36-35-42)50-41(44)34-32-30-28-26-24-22-20-18-16-14-12-10-8-6-4-2/h39H,3-38,42H2,1-2H3,(H,45,46)/p-1. The molecule has 2 N–H and O–H groups in total. The summed E-state index contributed by atoms with van der Waals surface area (Å²) in [7, 11) is -4.62. The lowest BCUT2D eigenvalue weighted by Gasteiger charge is -2.25. The van der Waals surface area contributed by atoms with Crippen molar-refractivity contribution in [1.82, 2.24) is 0 Å². The third-order valence-electron chi connectivity index (χ3n) is 9.48.